The molecule has 0 amide bonds. The van der Waals surface area contributed by atoms with Gasteiger partial charge in [-0.15, -0.1) is 0 Å². The molecule has 0 atom stereocenters. The summed E-state index contributed by atoms with van der Waals surface area (Å²) in [5.41, 5.74) is -1.98. The zero-order chi connectivity index (χ0) is 14.7. The first-order valence-corrected chi connectivity index (χ1v) is 4.51. The van der Waals surface area contributed by atoms with Gasteiger partial charge in [0.15, 0.2) is 5.82 Å². The topological polar surface area (TPSA) is 127 Å². The molecule has 0 radical (unpaired) electrons. The maximum Gasteiger partial charge on any atom is 0.511 e. The normalized spacial score (nSPS) is 10.0. The molecule has 19 heavy (non-hydrogen) atoms. The fourth-order valence-electron chi connectivity index (χ4n) is 1.26. The largest absolute Gasteiger partial charge is 0.511 e. The van der Waals surface area contributed by atoms with Crippen LogP contribution in [0.15, 0.2) is 6.07 Å². The molecule has 1 aromatic carbocycles. The molecule has 8 nitrogen and oxygen atoms in total. The van der Waals surface area contributed by atoms with Crippen LogP contribution in [0.2, 0.25) is 0 Å². The molecule has 0 fully saturated rings. The van der Waals surface area contributed by atoms with Crippen molar-refractivity contribution in [1.82, 2.24) is 0 Å². The van der Waals surface area contributed by atoms with Gasteiger partial charge in [-0.05, 0) is 0 Å². The van der Waals surface area contributed by atoms with Gasteiger partial charge in [0.2, 0.25) is 11.6 Å². The molecule has 10 heteroatoms. The number of carbonyl (C=O) groups is 2. The van der Waals surface area contributed by atoms with E-state index in [1.165, 1.54) is 0 Å². The van der Waals surface area contributed by atoms with Gasteiger partial charge < -0.3 is 14.9 Å². The van der Waals surface area contributed by atoms with Crippen LogP contribution in [-0.4, -0.2) is 27.3 Å². The first-order chi connectivity index (χ1) is 8.73. The van der Waals surface area contributed by atoms with E-state index in [1.54, 1.807) is 0 Å². The van der Waals surface area contributed by atoms with Crippen molar-refractivity contribution >= 4 is 17.8 Å². The Kier molecular flexibility index (Phi) is 3.94. The van der Waals surface area contributed by atoms with Crippen LogP contribution in [0.3, 0.4) is 0 Å². The number of halogens is 2. The van der Waals surface area contributed by atoms with Gasteiger partial charge in [0.1, 0.15) is 0 Å². The number of carboxylic acids is 1. The van der Waals surface area contributed by atoms with Gasteiger partial charge in [0.05, 0.1) is 11.3 Å². The molecule has 0 aliphatic rings. The van der Waals surface area contributed by atoms with Gasteiger partial charge in [-0.2, -0.15) is 4.39 Å². The molecule has 0 aliphatic heterocycles. The predicted molar refractivity (Wildman–Crippen MR) is 53.0 cm³/mol. The van der Waals surface area contributed by atoms with Crippen molar-refractivity contribution in [2.24, 2.45) is 0 Å². The lowest BCUT2D eigenvalue weighted by atomic mass is 10.1. The molecule has 1 aromatic rings. The number of nitro groups is 1. The highest BCUT2D eigenvalue weighted by Gasteiger charge is 2.29. The Morgan fingerprint density at radius 3 is 2.32 bits per heavy atom. The predicted octanol–water partition coefficient (Wildman–Crippen LogP) is 1.56. The first kappa shape index (κ1) is 14.3. The highest BCUT2D eigenvalue weighted by molar-refractivity contribution is 5.72. The van der Waals surface area contributed by atoms with Crippen LogP contribution >= 0.6 is 0 Å². The molecular weight excluding hydrogens is 272 g/mol. The van der Waals surface area contributed by atoms with E-state index in [0.29, 0.717) is 6.07 Å². The van der Waals surface area contributed by atoms with Crippen LogP contribution < -0.4 is 4.74 Å². The number of ether oxygens (including phenoxy) is 1. The van der Waals surface area contributed by atoms with Crippen molar-refractivity contribution in [3.05, 3.63) is 33.4 Å². The van der Waals surface area contributed by atoms with Crippen molar-refractivity contribution in [2.75, 3.05) is 0 Å². The number of carboxylic acid groups (broad SMARTS) is 2. The van der Waals surface area contributed by atoms with Crippen LogP contribution in [0.25, 0.3) is 0 Å². The van der Waals surface area contributed by atoms with E-state index < -0.39 is 52.1 Å². The van der Waals surface area contributed by atoms with E-state index in [4.69, 9.17) is 10.2 Å². The van der Waals surface area contributed by atoms with Crippen LogP contribution in [0.5, 0.6) is 5.75 Å². The second-order valence-electron chi connectivity index (χ2n) is 3.21. The van der Waals surface area contributed by atoms with E-state index in [1.807, 2.05) is 0 Å². The highest BCUT2D eigenvalue weighted by atomic mass is 19.2. The Balaban J connectivity index is 3.48. The molecule has 0 aromatic heterocycles. The van der Waals surface area contributed by atoms with Gasteiger partial charge in [-0.3, -0.25) is 14.9 Å². The summed E-state index contributed by atoms with van der Waals surface area (Å²) >= 11 is 0. The summed E-state index contributed by atoms with van der Waals surface area (Å²) in [4.78, 5) is 30.0. The monoisotopic (exact) mass is 277 g/mol. The average Bonchev–Trinajstić information content (AvgIpc) is 2.27. The van der Waals surface area contributed by atoms with Crippen LogP contribution in [-0.2, 0) is 11.2 Å². The molecule has 0 saturated carbocycles. The molecule has 0 unspecified atom stereocenters. The molecule has 102 valence electrons. The summed E-state index contributed by atoms with van der Waals surface area (Å²) in [7, 11) is 0. The number of nitrogens with zero attached hydrogens (tertiary/aromatic N) is 1. The van der Waals surface area contributed by atoms with Crippen molar-refractivity contribution in [1.29, 1.82) is 0 Å². The second kappa shape index (κ2) is 5.25. The summed E-state index contributed by atoms with van der Waals surface area (Å²) in [6, 6.07) is 0.408. The van der Waals surface area contributed by atoms with E-state index in [-0.39, 0.29) is 0 Å². The Hall–Kier alpha value is -2.78. The fourth-order valence-corrected chi connectivity index (χ4v) is 1.26. The number of hydrogen-bond donors (Lipinski definition) is 2. The third-order valence-corrected chi connectivity index (χ3v) is 1.95. The second-order valence-corrected chi connectivity index (χ2v) is 3.21. The quantitative estimate of drug-likeness (QED) is 0.370. The molecule has 1 rings (SSSR count). The highest BCUT2D eigenvalue weighted by Crippen LogP contribution is 2.34. The maximum atomic E-state index is 13.4. The lowest BCUT2D eigenvalue weighted by Gasteiger charge is -2.07. The van der Waals surface area contributed by atoms with Crippen LogP contribution in [0.1, 0.15) is 5.56 Å². The van der Waals surface area contributed by atoms with Crippen LogP contribution in [0, 0.1) is 21.7 Å². The Labute approximate surface area is 103 Å². The van der Waals surface area contributed by atoms with Gasteiger partial charge in [0, 0.05) is 11.6 Å². The zero-order valence-electron chi connectivity index (χ0n) is 8.92. The van der Waals surface area contributed by atoms with Crippen molar-refractivity contribution in [3.8, 4) is 5.75 Å². The van der Waals surface area contributed by atoms with Gasteiger partial charge in [-0.1, -0.05) is 0 Å². The molecule has 2 N–H and O–H groups in total. The third-order valence-electron chi connectivity index (χ3n) is 1.95. The average molecular weight is 277 g/mol. The molecule has 0 spiro atoms. The van der Waals surface area contributed by atoms with E-state index in [2.05, 4.69) is 4.74 Å². The van der Waals surface area contributed by atoms with Crippen molar-refractivity contribution in [3.63, 3.8) is 0 Å². The molecule has 0 aliphatic carbocycles. The standard InChI is InChI=1S/C9H5F2NO7/c10-6-3(2-5(13)14)1-4(12(17)18)8(7(6)11)19-9(15)16/h1H,2H2,(H,13,14)(H,15,16). The Morgan fingerprint density at radius 2 is 1.89 bits per heavy atom. The number of rotatable bonds is 4. The Morgan fingerprint density at radius 1 is 1.32 bits per heavy atom. The third kappa shape index (κ3) is 3.12. The molecular formula is C9H5F2NO7. The number of nitro benzene ring substituents is 1. The SMILES string of the molecule is O=C(O)Cc1cc([N+](=O)[O-])c(OC(=O)O)c(F)c1F. The maximum absolute atomic E-state index is 13.4. The summed E-state index contributed by atoms with van der Waals surface area (Å²) in [5.74, 6) is -6.62. The summed E-state index contributed by atoms with van der Waals surface area (Å²) < 4.78 is 30.6. The minimum atomic E-state index is -2.08. The lowest BCUT2D eigenvalue weighted by Crippen LogP contribution is -2.11. The number of benzene rings is 1. The summed E-state index contributed by atoms with van der Waals surface area (Å²) in [6.45, 7) is 0. The van der Waals surface area contributed by atoms with Crippen molar-refractivity contribution < 1.29 is 38.2 Å². The summed E-state index contributed by atoms with van der Waals surface area (Å²) in [6.07, 6.45) is -3.08. The molecule has 0 heterocycles. The van der Waals surface area contributed by atoms with E-state index in [9.17, 15) is 28.5 Å². The zero-order valence-corrected chi connectivity index (χ0v) is 8.92. The van der Waals surface area contributed by atoms with Gasteiger partial charge >= 0.3 is 17.8 Å². The Bertz CT molecular complexity index is 572. The fraction of sp³-hybridized carbons (Fsp3) is 0.111. The minimum absolute atomic E-state index is 0.408. The first-order valence-electron chi connectivity index (χ1n) is 4.51. The molecule has 0 saturated heterocycles. The minimum Gasteiger partial charge on any atom is -0.481 e. The smallest absolute Gasteiger partial charge is 0.481 e. The number of hydrogen-bond acceptors (Lipinski definition) is 5. The van der Waals surface area contributed by atoms with E-state index >= 15 is 0 Å². The van der Waals surface area contributed by atoms with E-state index in [0.717, 1.165) is 0 Å². The summed E-state index contributed by atoms with van der Waals surface area (Å²) in [5, 5.41) is 27.3. The van der Waals surface area contributed by atoms with Gasteiger partial charge in [-0.25, -0.2) is 9.18 Å². The van der Waals surface area contributed by atoms with Crippen LogP contribution in [0.4, 0.5) is 19.3 Å². The lowest BCUT2D eigenvalue weighted by molar-refractivity contribution is -0.385. The number of aliphatic carboxylic acids is 1. The van der Waals surface area contributed by atoms with Gasteiger partial charge in [0.25, 0.3) is 0 Å². The molecule has 0 bridgehead atoms. The van der Waals surface area contributed by atoms with Crippen molar-refractivity contribution in [2.45, 2.75) is 6.42 Å².